The maximum absolute atomic E-state index is 12.3. The minimum Gasteiger partial charge on any atom is -0.384 e. The molecule has 0 atom stereocenters. The van der Waals surface area contributed by atoms with Crippen LogP contribution in [0.25, 0.3) is 0 Å². The number of sulfonamides is 1. The van der Waals surface area contributed by atoms with Crippen LogP contribution in [0.2, 0.25) is 0 Å². The fraction of sp³-hybridized carbons (Fsp3) is 0.267. The van der Waals surface area contributed by atoms with Gasteiger partial charge >= 0.3 is 0 Å². The molecule has 0 spiro atoms. The van der Waals surface area contributed by atoms with Gasteiger partial charge in [-0.05, 0) is 54.3 Å². The van der Waals surface area contributed by atoms with E-state index in [2.05, 4.69) is 15.0 Å². The Morgan fingerprint density at radius 3 is 2.81 bits per heavy atom. The highest BCUT2D eigenvalue weighted by Gasteiger charge is 2.17. The highest BCUT2D eigenvalue weighted by atomic mass is 32.2. The Bertz CT molecular complexity index is 730. The van der Waals surface area contributed by atoms with Crippen molar-refractivity contribution in [2.24, 2.45) is 0 Å². The van der Waals surface area contributed by atoms with E-state index in [1.807, 2.05) is 18.2 Å². The third-order valence-electron chi connectivity index (χ3n) is 3.55. The molecule has 2 heterocycles. The Morgan fingerprint density at radius 2 is 2.00 bits per heavy atom. The summed E-state index contributed by atoms with van der Waals surface area (Å²) in [6.07, 6.45) is 4.93. The van der Waals surface area contributed by atoms with Crippen LogP contribution in [0.3, 0.4) is 0 Å². The summed E-state index contributed by atoms with van der Waals surface area (Å²) in [6.45, 7) is 1.25. The topological polar surface area (TPSA) is 71.1 Å². The summed E-state index contributed by atoms with van der Waals surface area (Å²) < 4.78 is 27.2. The molecular formula is C15H17N3O2S. The van der Waals surface area contributed by atoms with E-state index in [0.717, 1.165) is 29.8 Å². The number of aromatic nitrogens is 1. The van der Waals surface area contributed by atoms with Gasteiger partial charge in [0.05, 0.1) is 4.90 Å². The second-order valence-corrected chi connectivity index (χ2v) is 6.77. The maximum atomic E-state index is 12.3. The number of hydrogen-bond donors (Lipinski definition) is 2. The molecule has 0 unspecified atom stereocenters. The van der Waals surface area contributed by atoms with Crippen molar-refractivity contribution in [1.82, 2.24) is 9.71 Å². The van der Waals surface area contributed by atoms with Gasteiger partial charge in [-0.1, -0.05) is 0 Å². The molecule has 0 amide bonds. The lowest BCUT2D eigenvalue weighted by molar-refractivity contribution is 0.581. The molecule has 0 saturated carbocycles. The fourth-order valence-corrected chi connectivity index (χ4v) is 3.49. The van der Waals surface area contributed by atoms with Gasteiger partial charge in [0.2, 0.25) is 10.0 Å². The van der Waals surface area contributed by atoms with Crippen LogP contribution in [-0.2, 0) is 22.9 Å². The van der Waals surface area contributed by atoms with E-state index in [9.17, 15) is 8.42 Å². The van der Waals surface area contributed by atoms with Crippen LogP contribution in [0.5, 0.6) is 0 Å². The van der Waals surface area contributed by atoms with Gasteiger partial charge in [0, 0.05) is 31.2 Å². The van der Waals surface area contributed by atoms with Crippen LogP contribution >= 0.6 is 0 Å². The molecule has 2 N–H and O–H groups in total. The SMILES string of the molecule is O=S(=O)(NCCc1ccncc1)c1ccc2c(c1)CCN2. The zero-order chi connectivity index (χ0) is 14.7. The molecule has 0 bridgehead atoms. The predicted octanol–water partition coefficient (Wildman–Crippen LogP) is 1.57. The zero-order valence-electron chi connectivity index (χ0n) is 11.5. The first kappa shape index (κ1) is 14.0. The molecule has 0 fully saturated rings. The normalized spacial score (nSPS) is 13.7. The molecule has 2 aromatic rings. The van der Waals surface area contributed by atoms with Crippen molar-refractivity contribution in [2.75, 3.05) is 18.4 Å². The molecule has 1 aromatic heterocycles. The zero-order valence-corrected chi connectivity index (χ0v) is 12.4. The van der Waals surface area contributed by atoms with Gasteiger partial charge in [-0.15, -0.1) is 0 Å². The number of nitrogens with one attached hydrogen (secondary N) is 2. The summed E-state index contributed by atoms with van der Waals surface area (Å²) in [5.74, 6) is 0. The first-order valence-electron chi connectivity index (χ1n) is 6.90. The third-order valence-corrected chi connectivity index (χ3v) is 5.01. The van der Waals surface area contributed by atoms with E-state index in [1.165, 1.54) is 0 Å². The largest absolute Gasteiger partial charge is 0.384 e. The molecular weight excluding hydrogens is 286 g/mol. The molecule has 21 heavy (non-hydrogen) atoms. The van der Waals surface area contributed by atoms with Gasteiger partial charge < -0.3 is 5.32 Å². The standard InChI is InChI=1S/C15H17N3O2S/c19-21(20,18-10-5-12-3-7-16-8-4-12)14-1-2-15-13(11-14)6-9-17-15/h1-4,7-8,11,17-18H,5-6,9-10H2. The van der Waals surface area contributed by atoms with Crippen LogP contribution in [0.1, 0.15) is 11.1 Å². The molecule has 0 radical (unpaired) electrons. The molecule has 0 saturated heterocycles. The van der Waals surface area contributed by atoms with Crippen molar-refractivity contribution in [3.63, 3.8) is 0 Å². The predicted molar refractivity (Wildman–Crippen MR) is 81.8 cm³/mol. The van der Waals surface area contributed by atoms with Crippen LogP contribution in [-0.4, -0.2) is 26.5 Å². The Labute approximate surface area is 124 Å². The fourth-order valence-electron chi connectivity index (χ4n) is 2.41. The van der Waals surface area contributed by atoms with Crippen molar-refractivity contribution >= 4 is 15.7 Å². The van der Waals surface area contributed by atoms with Gasteiger partial charge in [-0.25, -0.2) is 13.1 Å². The van der Waals surface area contributed by atoms with E-state index in [4.69, 9.17) is 0 Å². The van der Waals surface area contributed by atoms with Crippen molar-refractivity contribution in [3.05, 3.63) is 53.9 Å². The molecule has 5 nitrogen and oxygen atoms in total. The van der Waals surface area contributed by atoms with Crippen molar-refractivity contribution in [3.8, 4) is 0 Å². The van der Waals surface area contributed by atoms with Gasteiger partial charge in [0.15, 0.2) is 0 Å². The highest BCUT2D eigenvalue weighted by Crippen LogP contribution is 2.24. The number of pyridine rings is 1. The highest BCUT2D eigenvalue weighted by molar-refractivity contribution is 7.89. The monoisotopic (exact) mass is 303 g/mol. The maximum Gasteiger partial charge on any atom is 0.240 e. The number of benzene rings is 1. The van der Waals surface area contributed by atoms with E-state index >= 15 is 0 Å². The lowest BCUT2D eigenvalue weighted by Crippen LogP contribution is -2.26. The second kappa shape index (κ2) is 5.83. The van der Waals surface area contributed by atoms with Crippen molar-refractivity contribution in [2.45, 2.75) is 17.7 Å². The van der Waals surface area contributed by atoms with Gasteiger partial charge in [0.1, 0.15) is 0 Å². The first-order valence-corrected chi connectivity index (χ1v) is 8.39. The molecule has 1 aliphatic heterocycles. The molecule has 1 aromatic carbocycles. The minimum absolute atomic E-state index is 0.333. The molecule has 1 aliphatic rings. The summed E-state index contributed by atoms with van der Waals surface area (Å²) in [6, 6.07) is 9.00. The summed E-state index contributed by atoms with van der Waals surface area (Å²) in [4.78, 5) is 4.27. The van der Waals surface area contributed by atoms with Crippen LogP contribution in [0, 0.1) is 0 Å². The number of rotatable bonds is 5. The van der Waals surface area contributed by atoms with Gasteiger partial charge in [0.25, 0.3) is 0 Å². The number of fused-ring (bicyclic) bond motifs is 1. The lowest BCUT2D eigenvalue weighted by atomic mass is 10.2. The van der Waals surface area contributed by atoms with E-state index in [-0.39, 0.29) is 0 Å². The van der Waals surface area contributed by atoms with Crippen LogP contribution in [0.4, 0.5) is 5.69 Å². The van der Waals surface area contributed by atoms with Gasteiger partial charge in [-0.2, -0.15) is 0 Å². The van der Waals surface area contributed by atoms with Crippen molar-refractivity contribution < 1.29 is 8.42 Å². The molecule has 6 heteroatoms. The average molecular weight is 303 g/mol. The molecule has 110 valence electrons. The summed E-state index contributed by atoms with van der Waals surface area (Å²) in [5.41, 5.74) is 3.16. The summed E-state index contributed by atoms with van der Waals surface area (Å²) in [7, 11) is -3.45. The Morgan fingerprint density at radius 1 is 1.19 bits per heavy atom. The number of anilines is 1. The number of hydrogen-bond acceptors (Lipinski definition) is 4. The van der Waals surface area contributed by atoms with Crippen LogP contribution in [0.15, 0.2) is 47.6 Å². The average Bonchev–Trinajstić information content (AvgIpc) is 2.95. The number of nitrogens with zero attached hydrogens (tertiary/aromatic N) is 1. The lowest BCUT2D eigenvalue weighted by Gasteiger charge is -2.08. The van der Waals surface area contributed by atoms with E-state index < -0.39 is 10.0 Å². The summed E-state index contributed by atoms with van der Waals surface area (Å²) >= 11 is 0. The Kier molecular flexibility index (Phi) is 3.90. The third kappa shape index (κ3) is 3.22. The van der Waals surface area contributed by atoms with E-state index in [0.29, 0.717) is 17.9 Å². The minimum atomic E-state index is -3.45. The Hall–Kier alpha value is -1.92. The van der Waals surface area contributed by atoms with E-state index in [1.54, 1.807) is 24.5 Å². The second-order valence-electron chi connectivity index (χ2n) is 5.00. The Balaban J connectivity index is 1.67. The smallest absolute Gasteiger partial charge is 0.240 e. The molecule has 3 rings (SSSR count). The van der Waals surface area contributed by atoms with Crippen molar-refractivity contribution in [1.29, 1.82) is 0 Å². The first-order chi connectivity index (χ1) is 10.1. The summed E-state index contributed by atoms with van der Waals surface area (Å²) in [5, 5.41) is 3.22. The molecule has 0 aliphatic carbocycles. The van der Waals surface area contributed by atoms with Gasteiger partial charge in [-0.3, -0.25) is 4.98 Å². The van der Waals surface area contributed by atoms with Crippen LogP contribution < -0.4 is 10.0 Å². The quantitative estimate of drug-likeness (QED) is 0.879.